The highest BCUT2D eigenvalue weighted by atomic mass is 33.1. The summed E-state index contributed by atoms with van der Waals surface area (Å²) >= 11 is 1.38. The van der Waals surface area contributed by atoms with Gasteiger partial charge in [-0.05, 0) is 12.8 Å². The maximum Gasteiger partial charge on any atom is 0.107 e. The summed E-state index contributed by atoms with van der Waals surface area (Å²) in [6.45, 7) is 0. The molecule has 0 amide bonds. The fourth-order valence-electron chi connectivity index (χ4n) is 1.42. The molecule has 2 nitrogen and oxygen atoms in total. The van der Waals surface area contributed by atoms with Gasteiger partial charge in [0.1, 0.15) is 17.2 Å². The first kappa shape index (κ1) is 7.28. The summed E-state index contributed by atoms with van der Waals surface area (Å²) in [5, 5.41) is 0.687. The zero-order chi connectivity index (χ0) is 6.81. The van der Waals surface area contributed by atoms with E-state index in [4.69, 9.17) is 9.22 Å². The minimum Gasteiger partial charge on any atom is -0.219 e. The molecule has 1 aliphatic heterocycles. The second-order valence-electron chi connectivity index (χ2n) is 2.69. The van der Waals surface area contributed by atoms with Gasteiger partial charge in [0.2, 0.25) is 0 Å². The van der Waals surface area contributed by atoms with Gasteiger partial charge >= 0.3 is 0 Å². The van der Waals surface area contributed by atoms with Gasteiger partial charge in [0.05, 0.1) is 0 Å². The maximum absolute atomic E-state index is 5.12. The lowest BCUT2D eigenvalue weighted by atomic mass is 9.97. The molecule has 1 saturated heterocycles. The summed E-state index contributed by atoms with van der Waals surface area (Å²) in [4.78, 5) is 5.12. The summed E-state index contributed by atoms with van der Waals surface area (Å²) in [7, 11) is 1.82. The molecular formula is C6H10O2S2. The molecule has 2 rings (SSSR count). The van der Waals surface area contributed by atoms with Crippen molar-refractivity contribution in [3.05, 3.63) is 0 Å². The SMILES string of the molecule is C1CCC2SSOOC2C1. The summed E-state index contributed by atoms with van der Waals surface area (Å²) in [6, 6.07) is 0. The average Bonchev–Trinajstić information content (AvgIpc) is 2.05. The zero-order valence-electron chi connectivity index (χ0n) is 5.62. The molecule has 0 N–H and O–H groups in total. The van der Waals surface area contributed by atoms with Crippen LogP contribution in [0.1, 0.15) is 25.7 Å². The first-order valence-electron chi connectivity index (χ1n) is 3.62. The number of rotatable bonds is 0. The Bertz CT molecular complexity index is 94.3. The maximum atomic E-state index is 5.12. The fraction of sp³-hybridized carbons (Fsp3) is 1.00. The van der Waals surface area contributed by atoms with Crippen molar-refractivity contribution in [2.24, 2.45) is 0 Å². The first-order valence-corrected chi connectivity index (χ1v) is 5.76. The normalized spacial score (nSPS) is 40.8. The van der Waals surface area contributed by atoms with Gasteiger partial charge in [-0.15, -0.1) is 0 Å². The molecule has 58 valence electrons. The Morgan fingerprint density at radius 2 is 2.10 bits per heavy atom. The minimum absolute atomic E-state index is 0.375. The zero-order valence-corrected chi connectivity index (χ0v) is 7.25. The molecule has 0 spiro atoms. The van der Waals surface area contributed by atoms with E-state index in [-0.39, 0.29) is 0 Å². The smallest absolute Gasteiger partial charge is 0.107 e. The molecule has 2 fully saturated rings. The lowest BCUT2D eigenvalue weighted by Gasteiger charge is -2.31. The van der Waals surface area contributed by atoms with Gasteiger partial charge in [0.25, 0.3) is 0 Å². The van der Waals surface area contributed by atoms with Gasteiger partial charge in [-0.1, -0.05) is 23.6 Å². The predicted molar refractivity (Wildman–Crippen MR) is 43.4 cm³/mol. The Hall–Kier alpha value is 0.620. The molecule has 1 heterocycles. The van der Waals surface area contributed by atoms with Crippen molar-refractivity contribution >= 4 is 21.9 Å². The van der Waals surface area contributed by atoms with Gasteiger partial charge in [0, 0.05) is 5.25 Å². The van der Waals surface area contributed by atoms with Crippen LogP contribution in [0.4, 0.5) is 0 Å². The quantitative estimate of drug-likeness (QED) is 0.322. The van der Waals surface area contributed by atoms with E-state index in [0.29, 0.717) is 11.4 Å². The van der Waals surface area contributed by atoms with Crippen LogP contribution in [0.2, 0.25) is 0 Å². The van der Waals surface area contributed by atoms with E-state index < -0.39 is 0 Å². The number of hydrogen-bond acceptors (Lipinski definition) is 4. The van der Waals surface area contributed by atoms with Crippen LogP contribution < -0.4 is 0 Å². The van der Waals surface area contributed by atoms with Crippen LogP contribution in [0.15, 0.2) is 0 Å². The molecule has 0 aromatic carbocycles. The van der Waals surface area contributed by atoms with E-state index in [1.165, 1.54) is 36.8 Å². The highest BCUT2D eigenvalue weighted by Gasteiger charge is 2.31. The third-order valence-corrected chi connectivity index (χ3v) is 4.14. The van der Waals surface area contributed by atoms with E-state index in [0.717, 1.165) is 0 Å². The fourth-order valence-corrected chi connectivity index (χ4v) is 3.41. The highest BCUT2D eigenvalue weighted by molar-refractivity contribution is 8.75. The Morgan fingerprint density at radius 3 is 3.00 bits per heavy atom. The summed E-state index contributed by atoms with van der Waals surface area (Å²) in [5.41, 5.74) is 0. The Kier molecular flexibility index (Phi) is 2.43. The second-order valence-corrected chi connectivity index (χ2v) is 4.75. The molecule has 2 unspecified atom stereocenters. The van der Waals surface area contributed by atoms with Crippen molar-refractivity contribution in [1.29, 1.82) is 0 Å². The van der Waals surface area contributed by atoms with E-state index in [1.807, 2.05) is 10.8 Å². The Morgan fingerprint density at radius 1 is 1.20 bits per heavy atom. The first-order chi connectivity index (χ1) is 4.97. The van der Waals surface area contributed by atoms with Crippen LogP contribution >= 0.6 is 21.9 Å². The monoisotopic (exact) mass is 178 g/mol. The Labute approximate surface area is 68.6 Å². The third-order valence-electron chi connectivity index (χ3n) is 2.00. The summed E-state index contributed by atoms with van der Waals surface area (Å²) < 4.78 is 4.82. The topological polar surface area (TPSA) is 18.5 Å². The van der Waals surface area contributed by atoms with Crippen LogP contribution in [0.25, 0.3) is 0 Å². The van der Waals surface area contributed by atoms with Crippen molar-refractivity contribution in [2.75, 3.05) is 0 Å². The van der Waals surface area contributed by atoms with Crippen molar-refractivity contribution in [1.82, 2.24) is 0 Å². The minimum atomic E-state index is 0.375. The van der Waals surface area contributed by atoms with Crippen LogP contribution in [0, 0.1) is 0 Å². The lowest BCUT2D eigenvalue weighted by molar-refractivity contribution is -0.236. The second kappa shape index (κ2) is 3.34. The summed E-state index contributed by atoms with van der Waals surface area (Å²) in [5.74, 6) is 0. The summed E-state index contributed by atoms with van der Waals surface area (Å²) in [6.07, 6.45) is 5.51. The van der Waals surface area contributed by atoms with Crippen LogP contribution in [0.5, 0.6) is 0 Å². The molecule has 1 aliphatic carbocycles. The standard InChI is InChI=1S/C6H10O2S2/c1-2-4-6-5(3-1)7-8-10-9-6/h5-6H,1-4H2. The van der Waals surface area contributed by atoms with Gasteiger partial charge in [-0.2, -0.15) is 4.33 Å². The number of fused-ring (bicyclic) bond motifs is 1. The van der Waals surface area contributed by atoms with E-state index in [9.17, 15) is 0 Å². The molecule has 0 bridgehead atoms. The molecule has 0 aromatic rings. The van der Waals surface area contributed by atoms with Crippen molar-refractivity contribution in [2.45, 2.75) is 37.0 Å². The molecular weight excluding hydrogens is 168 g/mol. The van der Waals surface area contributed by atoms with Gasteiger partial charge in [-0.25, -0.2) is 4.89 Å². The van der Waals surface area contributed by atoms with Crippen LogP contribution in [0.3, 0.4) is 0 Å². The van der Waals surface area contributed by atoms with Crippen LogP contribution in [-0.2, 0) is 9.22 Å². The average molecular weight is 178 g/mol. The Balaban J connectivity index is 1.93. The molecule has 0 aromatic heterocycles. The molecule has 10 heavy (non-hydrogen) atoms. The van der Waals surface area contributed by atoms with Crippen molar-refractivity contribution < 1.29 is 9.22 Å². The van der Waals surface area contributed by atoms with Gasteiger partial charge < -0.3 is 0 Å². The predicted octanol–water partition coefficient (Wildman–Crippen LogP) is 2.56. The van der Waals surface area contributed by atoms with E-state index in [1.54, 1.807) is 0 Å². The van der Waals surface area contributed by atoms with Gasteiger partial charge in [0.15, 0.2) is 0 Å². The molecule has 1 saturated carbocycles. The molecule has 2 atom stereocenters. The van der Waals surface area contributed by atoms with E-state index >= 15 is 0 Å². The van der Waals surface area contributed by atoms with Crippen LogP contribution in [-0.4, -0.2) is 11.4 Å². The third kappa shape index (κ3) is 1.44. The lowest BCUT2D eigenvalue weighted by Crippen LogP contribution is -2.31. The molecule has 2 aliphatic rings. The number of hydrogen-bond donors (Lipinski definition) is 0. The van der Waals surface area contributed by atoms with Crippen molar-refractivity contribution in [3.8, 4) is 0 Å². The van der Waals surface area contributed by atoms with E-state index in [2.05, 4.69) is 0 Å². The largest absolute Gasteiger partial charge is 0.219 e. The van der Waals surface area contributed by atoms with Gasteiger partial charge in [-0.3, -0.25) is 0 Å². The highest BCUT2D eigenvalue weighted by Crippen LogP contribution is 2.42. The molecule has 4 heteroatoms. The molecule has 0 radical (unpaired) electrons. The van der Waals surface area contributed by atoms with Crippen molar-refractivity contribution in [3.63, 3.8) is 0 Å².